The van der Waals surface area contributed by atoms with Gasteiger partial charge in [0, 0.05) is 11.6 Å². The van der Waals surface area contributed by atoms with E-state index in [1.165, 1.54) is 0 Å². The molecule has 0 bridgehead atoms. The number of nitrogens with zero attached hydrogens (tertiary/aromatic N) is 1. The molecule has 1 aromatic rings. The van der Waals surface area contributed by atoms with Crippen LogP contribution in [0.4, 0.5) is 5.69 Å². The van der Waals surface area contributed by atoms with Gasteiger partial charge in [-0.05, 0) is 24.3 Å². The molecule has 0 aliphatic heterocycles. The predicted molar refractivity (Wildman–Crippen MR) is 61.0 cm³/mol. The Morgan fingerprint density at radius 1 is 1.33 bits per heavy atom. The Morgan fingerprint density at radius 3 is 2.40 bits per heavy atom. The second-order valence-corrected chi connectivity index (χ2v) is 5.13. The highest BCUT2D eigenvalue weighted by Crippen LogP contribution is 2.27. The number of hydrogen-bond donors (Lipinski definition) is 0. The number of nitro groups is 1. The molecule has 0 aliphatic carbocycles. The first-order valence-electron chi connectivity index (χ1n) is 5.03. The maximum Gasteiger partial charge on any atom is 0.272 e. The molecule has 3 nitrogen and oxygen atoms in total. The van der Waals surface area contributed by atoms with Crippen molar-refractivity contribution in [2.24, 2.45) is 5.41 Å². The van der Waals surface area contributed by atoms with Crippen LogP contribution < -0.4 is 0 Å². The Kier molecular flexibility index (Phi) is 3.12. The average molecular weight is 207 g/mol. The molecule has 0 saturated carbocycles. The highest BCUT2D eigenvalue weighted by atomic mass is 16.6. The van der Waals surface area contributed by atoms with E-state index in [1.54, 1.807) is 6.07 Å². The molecule has 82 valence electrons. The molecular formula is C12H17NO2. The standard InChI is InChI=1S/C12H17NO2/c1-9-5-6-10(8-12(2,3)4)11(7-9)13(14)15/h5-7H,8H2,1-4H3. The number of nitro benzene ring substituents is 1. The molecule has 3 heteroatoms. The van der Waals surface area contributed by atoms with Gasteiger partial charge in [-0.15, -0.1) is 0 Å². The van der Waals surface area contributed by atoms with Crippen molar-refractivity contribution in [1.82, 2.24) is 0 Å². The molecule has 0 radical (unpaired) electrons. The van der Waals surface area contributed by atoms with E-state index in [-0.39, 0.29) is 16.0 Å². The summed E-state index contributed by atoms with van der Waals surface area (Å²) in [6, 6.07) is 5.42. The maximum absolute atomic E-state index is 10.9. The van der Waals surface area contributed by atoms with Crippen molar-refractivity contribution in [3.05, 3.63) is 39.4 Å². The smallest absolute Gasteiger partial charge is 0.258 e. The number of aryl methyl sites for hydroxylation is 1. The van der Waals surface area contributed by atoms with Crippen molar-refractivity contribution in [2.75, 3.05) is 0 Å². The van der Waals surface area contributed by atoms with Crippen LogP contribution in [0, 0.1) is 22.5 Å². The molecule has 0 aliphatic rings. The summed E-state index contributed by atoms with van der Waals surface area (Å²) in [5, 5.41) is 10.9. The number of hydrogen-bond acceptors (Lipinski definition) is 2. The minimum absolute atomic E-state index is 0.0695. The Morgan fingerprint density at radius 2 is 1.93 bits per heavy atom. The van der Waals surface area contributed by atoms with Gasteiger partial charge in [0.25, 0.3) is 5.69 Å². The molecule has 1 rings (SSSR count). The van der Waals surface area contributed by atoms with Gasteiger partial charge in [0.05, 0.1) is 4.92 Å². The average Bonchev–Trinajstić information content (AvgIpc) is 2.05. The van der Waals surface area contributed by atoms with Crippen molar-refractivity contribution < 1.29 is 4.92 Å². The van der Waals surface area contributed by atoms with E-state index in [1.807, 2.05) is 19.1 Å². The highest BCUT2D eigenvalue weighted by molar-refractivity contribution is 5.43. The Hall–Kier alpha value is -1.38. The Bertz CT molecular complexity index is 378. The SMILES string of the molecule is Cc1ccc(CC(C)(C)C)c([N+](=O)[O-])c1. The van der Waals surface area contributed by atoms with E-state index in [4.69, 9.17) is 0 Å². The summed E-state index contributed by atoms with van der Waals surface area (Å²) < 4.78 is 0. The molecule has 0 fully saturated rings. The van der Waals surface area contributed by atoms with Crippen molar-refractivity contribution in [3.63, 3.8) is 0 Å². The molecule has 15 heavy (non-hydrogen) atoms. The molecule has 0 spiro atoms. The van der Waals surface area contributed by atoms with E-state index >= 15 is 0 Å². The summed E-state index contributed by atoms with van der Waals surface area (Å²) in [5.74, 6) is 0. The predicted octanol–water partition coefficient (Wildman–Crippen LogP) is 3.49. The third kappa shape index (κ3) is 3.35. The van der Waals surface area contributed by atoms with E-state index in [9.17, 15) is 10.1 Å². The van der Waals surface area contributed by atoms with Gasteiger partial charge in [-0.1, -0.05) is 32.9 Å². The van der Waals surface area contributed by atoms with E-state index in [0.29, 0.717) is 0 Å². The zero-order chi connectivity index (χ0) is 11.6. The first-order valence-corrected chi connectivity index (χ1v) is 5.03. The first kappa shape index (κ1) is 11.7. The third-order valence-electron chi connectivity index (χ3n) is 2.16. The highest BCUT2D eigenvalue weighted by Gasteiger charge is 2.19. The largest absolute Gasteiger partial charge is 0.272 e. The van der Waals surface area contributed by atoms with Gasteiger partial charge in [-0.3, -0.25) is 10.1 Å². The fourth-order valence-corrected chi connectivity index (χ4v) is 1.56. The summed E-state index contributed by atoms with van der Waals surface area (Å²) in [4.78, 5) is 10.6. The number of benzene rings is 1. The molecule has 0 atom stereocenters. The summed E-state index contributed by atoms with van der Waals surface area (Å²) >= 11 is 0. The van der Waals surface area contributed by atoms with Crippen LogP contribution in [0.2, 0.25) is 0 Å². The second kappa shape index (κ2) is 4.01. The van der Waals surface area contributed by atoms with Crippen LogP contribution in [0.25, 0.3) is 0 Å². The molecular weight excluding hydrogens is 190 g/mol. The fraction of sp³-hybridized carbons (Fsp3) is 0.500. The maximum atomic E-state index is 10.9. The van der Waals surface area contributed by atoms with E-state index in [2.05, 4.69) is 20.8 Å². The van der Waals surface area contributed by atoms with Crippen LogP contribution in [0.1, 0.15) is 31.9 Å². The van der Waals surface area contributed by atoms with Crippen LogP contribution in [0.3, 0.4) is 0 Å². The first-order chi connectivity index (χ1) is 6.79. The molecule has 0 unspecified atom stereocenters. The van der Waals surface area contributed by atoms with E-state index in [0.717, 1.165) is 17.5 Å². The Balaban J connectivity index is 3.12. The quantitative estimate of drug-likeness (QED) is 0.550. The third-order valence-corrected chi connectivity index (χ3v) is 2.16. The van der Waals surface area contributed by atoms with Gasteiger partial charge < -0.3 is 0 Å². The summed E-state index contributed by atoms with van der Waals surface area (Å²) in [6.07, 6.45) is 0.726. The van der Waals surface area contributed by atoms with Crippen molar-refractivity contribution in [2.45, 2.75) is 34.1 Å². The van der Waals surface area contributed by atoms with Gasteiger partial charge >= 0.3 is 0 Å². The lowest BCUT2D eigenvalue weighted by molar-refractivity contribution is -0.385. The molecule has 0 saturated heterocycles. The normalized spacial score (nSPS) is 11.5. The zero-order valence-electron chi connectivity index (χ0n) is 9.70. The van der Waals surface area contributed by atoms with Gasteiger partial charge in [0.1, 0.15) is 0 Å². The minimum Gasteiger partial charge on any atom is -0.258 e. The lowest BCUT2D eigenvalue weighted by Gasteiger charge is -2.18. The van der Waals surface area contributed by atoms with Crippen LogP contribution in [-0.2, 0) is 6.42 Å². The van der Waals surface area contributed by atoms with Crippen LogP contribution >= 0.6 is 0 Å². The van der Waals surface area contributed by atoms with Crippen LogP contribution in [0.15, 0.2) is 18.2 Å². The topological polar surface area (TPSA) is 43.1 Å². The van der Waals surface area contributed by atoms with Gasteiger partial charge in [-0.2, -0.15) is 0 Å². The molecule has 0 amide bonds. The molecule has 1 aromatic carbocycles. The van der Waals surface area contributed by atoms with Gasteiger partial charge in [-0.25, -0.2) is 0 Å². The zero-order valence-corrected chi connectivity index (χ0v) is 9.70. The molecule has 0 heterocycles. The molecule has 0 aromatic heterocycles. The lowest BCUT2D eigenvalue weighted by atomic mass is 9.87. The van der Waals surface area contributed by atoms with Crippen LogP contribution in [-0.4, -0.2) is 4.92 Å². The summed E-state index contributed by atoms with van der Waals surface area (Å²) in [7, 11) is 0. The Labute approximate surface area is 90.3 Å². The van der Waals surface area contributed by atoms with Crippen molar-refractivity contribution in [1.29, 1.82) is 0 Å². The second-order valence-electron chi connectivity index (χ2n) is 5.13. The fourth-order valence-electron chi connectivity index (χ4n) is 1.56. The lowest BCUT2D eigenvalue weighted by Crippen LogP contribution is -2.10. The number of rotatable bonds is 2. The molecule has 0 N–H and O–H groups in total. The summed E-state index contributed by atoms with van der Waals surface area (Å²) in [6.45, 7) is 8.11. The monoisotopic (exact) mass is 207 g/mol. The van der Waals surface area contributed by atoms with Gasteiger partial charge in [0.15, 0.2) is 0 Å². The van der Waals surface area contributed by atoms with Crippen LogP contribution in [0.5, 0.6) is 0 Å². The van der Waals surface area contributed by atoms with E-state index < -0.39 is 0 Å². The minimum atomic E-state index is -0.298. The van der Waals surface area contributed by atoms with Gasteiger partial charge in [0.2, 0.25) is 0 Å². The van der Waals surface area contributed by atoms with Crippen molar-refractivity contribution in [3.8, 4) is 0 Å². The van der Waals surface area contributed by atoms with Crippen molar-refractivity contribution >= 4 is 5.69 Å². The summed E-state index contributed by atoms with van der Waals surface area (Å²) in [5.41, 5.74) is 2.06.